The van der Waals surface area contributed by atoms with Crippen LogP contribution in [0, 0.1) is 20.8 Å². The van der Waals surface area contributed by atoms with E-state index in [1.807, 2.05) is 25.1 Å². The molecular formula is C25H26ClNO2. The lowest BCUT2D eigenvalue weighted by molar-refractivity contribution is 0.269. The number of nitrogens with zero attached hydrogens (tertiary/aromatic N) is 1. The third-order valence-corrected chi connectivity index (χ3v) is 4.82. The van der Waals surface area contributed by atoms with Crippen LogP contribution in [0.25, 0.3) is 0 Å². The van der Waals surface area contributed by atoms with E-state index in [1.54, 1.807) is 6.21 Å². The lowest BCUT2D eigenvalue weighted by Crippen LogP contribution is -2.01. The molecule has 0 spiro atoms. The molecule has 3 aromatic rings. The summed E-state index contributed by atoms with van der Waals surface area (Å²) in [5.41, 5.74) is 6.45. The summed E-state index contributed by atoms with van der Waals surface area (Å²) < 4.78 is 11.8. The number of benzene rings is 3. The molecule has 0 heterocycles. The lowest BCUT2D eigenvalue weighted by atomic mass is 10.1. The van der Waals surface area contributed by atoms with Crippen molar-refractivity contribution in [3.8, 4) is 11.5 Å². The molecule has 0 amide bonds. The molecule has 0 fully saturated rings. The van der Waals surface area contributed by atoms with Gasteiger partial charge >= 0.3 is 0 Å². The van der Waals surface area contributed by atoms with Gasteiger partial charge in [-0.05, 0) is 62.6 Å². The Bertz CT molecular complexity index is 1010. The maximum absolute atomic E-state index is 6.53. The van der Waals surface area contributed by atoms with Gasteiger partial charge in [-0.3, -0.25) is 4.99 Å². The summed E-state index contributed by atoms with van der Waals surface area (Å²) in [7, 11) is 0. The Morgan fingerprint density at radius 2 is 1.62 bits per heavy atom. The van der Waals surface area contributed by atoms with E-state index < -0.39 is 0 Å². The fourth-order valence-electron chi connectivity index (χ4n) is 3.00. The highest BCUT2D eigenvalue weighted by molar-refractivity contribution is 6.32. The second kappa shape index (κ2) is 9.62. The molecular weight excluding hydrogens is 382 g/mol. The average molecular weight is 408 g/mol. The zero-order valence-electron chi connectivity index (χ0n) is 17.3. The number of hydrogen-bond donors (Lipinski definition) is 0. The molecule has 29 heavy (non-hydrogen) atoms. The van der Waals surface area contributed by atoms with E-state index in [4.69, 9.17) is 21.1 Å². The second-order valence-corrected chi connectivity index (χ2v) is 7.49. The zero-order chi connectivity index (χ0) is 20.8. The van der Waals surface area contributed by atoms with Gasteiger partial charge in [-0.25, -0.2) is 0 Å². The van der Waals surface area contributed by atoms with Gasteiger partial charge in [-0.2, -0.15) is 0 Å². The molecule has 0 unspecified atom stereocenters. The Morgan fingerprint density at radius 1 is 0.897 bits per heavy atom. The third-order valence-electron chi connectivity index (χ3n) is 4.54. The van der Waals surface area contributed by atoms with E-state index in [1.165, 1.54) is 11.1 Å². The average Bonchev–Trinajstić information content (AvgIpc) is 2.68. The Balaban J connectivity index is 1.83. The van der Waals surface area contributed by atoms with Crippen molar-refractivity contribution in [1.29, 1.82) is 0 Å². The van der Waals surface area contributed by atoms with E-state index in [9.17, 15) is 0 Å². The van der Waals surface area contributed by atoms with Crippen LogP contribution in [0.5, 0.6) is 11.5 Å². The van der Waals surface area contributed by atoms with Gasteiger partial charge in [0.2, 0.25) is 0 Å². The molecule has 3 rings (SSSR count). The van der Waals surface area contributed by atoms with E-state index in [0.29, 0.717) is 29.7 Å². The maximum atomic E-state index is 6.53. The van der Waals surface area contributed by atoms with Crippen LogP contribution in [0.2, 0.25) is 5.02 Å². The molecule has 3 aromatic carbocycles. The summed E-state index contributed by atoms with van der Waals surface area (Å²) in [6.07, 6.45) is 1.80. The van der Waals surface area contributed by atoms with E-state index in [0.717, 1.165) is 22.4 Å². The molecule has 3 nitrogen and oxygen atoms in total. The molecule has 0 N–H and O–H groups in total. The smallest absolute Gasteiger partial charge is 0.180 e. The molecule has 0 aliphatic rings. The summed E-state index contributed by atoms with van der Waals surface area (Å²) >= 11 is 6.53. The second-order valence-electron chi connectivity index (χ2n) is 7.09. The molecule has 4 heteroatoms. The van der Waals surface area contributed by atoms with Crippen molar-refractivity contribution >= 4 is 23.5 Å². The lowest BCUT2D eigenvalue weighted by Gasteiger charge is -2.14. The summed E-state index contributed by atoms with van der Waals surface area (Å²) in [5.74, 6) is 1.17. The minimum atomic E-state index is 0.427. The van der Waals surface area contributed by atoms with Crippen LogP contribution in [0.3, 0.4) is 0 Å². The summed E-state index contributed by atoms with van der Waals surface area (Å²) in [5, 5.41) is 0.505. The van der Waals surface area contributed by atoms with Crippen molar-refractivity contribution < 1.29 is 9.47 Å². The largest absolute Gasteiger partial charge is 0.490 e. The molecule has 0 aliphatic heterocycles. The predicted molar refractivity (Wildman–Crippen MR) is 121 cm³/mol. The highest BCUT2D eigenvalue weighted by Crippen LogP contribution is 2.37. The Labute approximate surface area is 178 Å². The van der Waals surface area contributed by atoms with Crippen LogP contribution < -0.4 is 9.47 Å². The van der Waals surface area contributed by atoms with E-state index >= 15 is 0 Å². The first-order chi connectivity index (χ1) is 14.0. The van der Waals surface area contributed by atoms with Crippen molar-refractivity contribution in [1.82, 2.24) is 0 Å². The number of ether oxygens (including phenoxy) is 2. The van der Waals surface area contributed by atoms with Gasteiger partial charge in [0.1, 0.15) is 6.61 Å². The fraction of sp³-hybridized carbons (Fsp3) is 0.240. The maximum Gasteiger partial charge on any atom is 0.180 e. The number of hydrogen-bond acceptors (Lipinski definition) is 3. The van der Waals surface area contributed by atoms with Gasteiger partial charge in [0.05, 0.1) is 17.3 Å². The summed E-state index contributed by atoms with van der Waals surface area (Å²) in [6, 6.07) is 18.2. The topological polar surface area (TPSA) is 30.8 Å². The summed E-state index contributed by atoms with van der Waals surface area (Å²) in [6.45, 7) is 9.08. The van der Waals surface area contributed by atoms with Crippen molar-refractivity contribution in [3.05, 3.63) is 87.4 Å². The normalized spacial score (nSPS) is 11.1. The van der Waals surface area contributed by atoms with Crippen LogP contribution in [0.4, 0.5) is 5.69 Å². The first-order valence-corrected chi connectivity index (χ1v) is 10.1. The molecule has 0 saturated carbocycles. The van der Waals surface area contributed by atoms with Gasteiger partial charge in [0.15, 0.2) is 11.5 Å². The Kier molecular flexibility index (Phi) is 6.95. The minimum absolute atomic E-state index is 0.427. The predicted octanol–water partition coefficient (Wildman–Crippen LogP) is 6.99. The van der Waals surface area contributed by atoms with Crippen molar-refractivity contribution in [2.75, 3.05) is 6.61 Å². The van der Waals surface area contributed by atoms with Crippen LogP contribution in [-0.2, 0) is 6.61 Å². The van der Waals surface area contributed by atoms with E-state index in [2.05, 4.69) is 62.2 Å². The monoisotopic (exact) mass is 407 g/mol. The molecule has 0 aromatic heterocycles. The first-order valence-electron chi connectivity index (χ1n) is 9.72. The van der Waals surface area contributed by atoms with Crippen LogP contribution >= 0.6 is 11.6 Å². The minimum Gasteiger partial charge on any atom is -0.490 e. The molecule has 0 atom stereocenters. The van der Waals surface area contributed by atoms with Gasteiger partial charge in [0.25, 0.3) is 0 Å². The number of halogens is 1. The van der Waals surface area contributed by atoms with Crippen LogP contribution in [0.1, 0.15) is 34.7 Å². The highest BCUT2D eigenvalue weighted by Gasteiger charge is 2.12. The van der Waals surface area contributed by atoms with Crippen molar-refractivity contribution in [3.63, 3.8) is 0 Å². The Hall–Kier alpha value is -2.78. The van der Waals surface area contributed by atoms with Gasteiger partial charge < -0.3 is 9.47 Å². The van der Waals surface area contributed by atoms with Crippen molar-refractivity contribution in [2.24, 2.45) is 4.99 Å². The van der Waals surface area contributed by atoms with E-state index in [-0.39, 0.29) is 0 Å². The summed E-state index contributed by atoms with van der Waals surface area (Å²) in [4.78, 5) is 4.61. The number of rotatable bonds is 7. The van der Waals surface area contributed by atoms with Gasteiger partial charge in [-0.15, -0.1) is 0 Å². The molecule has 0 bridgehead atoms. The fourth-order valence-corrected chi connectivity index (χ4v) is 3.27. The standard InChI is InChI=1S/C25H26ClNO2/c1-5-28-24-14-21(15-27-23-11-8-18(3)12-19(23)4)13-22(26)25(24)29-16-20-9-6-17(2)7-10-20/h6-15H,5,16H2,1-4H3. The molecule has 150 valence electrons. The molecule has 0 aliphatic carbocycles. The van der Waals surface area contributed by atoms with Crippen LogP contribution in [0.15, 0.2) is 59.6 Å². The zero-order valence-corrected chi connectivity index (χ0v) is 18.1. The van der Waals surface area contributed by atoms with Crippen LogP contribution in [-0.4, -0.2) is 12.8 Å². The first kappa shape index (κ1) is 20.9. The SMILES string of the molecule is CCOc1cc(C=Nc2ccc(C)cc2C)cc(Cl)c1OCc1ccc(C)cc1. The Morgan fingerprint density at radius 3 is 2.31 bits per heavy atom. The highest BCUT2D eigenvalue weighted by atomic mass is 35.5. The number of aryl methyl sites for hydroxylation is 3. The number of aliphatic imine (C=N–C) groups is 1. The van der Waals surface area contributed by atoms with Crippen molar-refractivity contribution in [2.45, 2.75) is 34.3 Å². The quantitative estimate of drug-likeness (QED) is 0.395. The van der Waals surface area contributed by atoms with Gasteiger partial charge in [0, 0.05) is 6.21 Å². The molecule has 0 saturated heterocycles. The van der Waals surface area contributed by atoms with Gasteiger partial charge in [-0.1, -0.05) is 59.1 Å². The third kappa shape index (κ3) is 5.61. The molecule has 0 radical (unpaired) electrons.